The van der Waals surface area contributed by atoms with Gasteiger partial charge < -0.3 is 5.32 Å². The lowest BCUT2D eigenvalue weighted by Crippen LogP contribution is -2.45. The molecular formula is C22H26ClN3O2. The molecule has 1 aromatic carbocycles. The first kappa shape index (κ1) is 20.3. The number of amides is 2. The van der Waals surface area contributed by atoms with E-state index in [1.165, 1.54) is 12.6 Å². The molecule has 3 rings (SSSR count). The van der Waals surface area contributed by atoms with Crippen molar-refractivity contribution in [2.75, 3.05) is 11.4 Å². The van der Waals surface area contributed by atoms with Crippen molar-refractivity contribution in [3.63, 3.8) is 0 Å². The quantitative estimate of drug-likeness (QED) is 0.732. The Kier molecular flexibility index (Phi) is 7.04. The summed E-state index contributed by atoms with van der Waals surface area (Å²) < 4.78 is 0. The summed E-state index contributed by atoms with van der Waals surface area (Å²) in [5.74, 6) is -0.392. The van der Waals surface area contributed by atoms with Crippen molar-refractivity contribution in [3.8, 4) is 0 Å². The minimum Gasteiger partial charge on any atom is -0.352 e. The van der Waals surface area contributed by atoms with Crippen molar-refractivity contribution >= 4 is 29.1 Å². The zero-order chi connectivity index (χ0) is 19.9. The minimum atomic E-state index is -0.260. The molecular weight excluding hydrogens is 374 g/mol. The summed E-state index contributed by atoms with van der Waals surface area (Å²) >= 11 is 5.85. The van der Waals surface area contributed by atoms with E-state index in [4.69, 9.17) is 11.6 Å². The van der Waals surface area contributed by atoms with Crippen LogP contribution in [0.5, 0.6) is 0 Å². The number of anilines is 1. The van der Waals surface area contributed by atoms with E-state index in [1.54, 1.807) is 17.0 Å². The molecule has 0 bridgehead atoms. The maximum absolute atomic E-state index is 13.2. The van der Waals surface area contributed by atoms with Crippen LogP contribution in [0.4, 0.5) is 5.69 Å². The van der Waals surface area contributed by atoms with Gasteiger partial charge in [0.25, 0.3) is 5.91 Å². The summed E-state index contributed by atoms with van der Waals surface area (Å²) in [6.07, 6.45) is 7.74. The van der Waals surface area contributed by atoms with Gasteiger partial charge in [-0.15, -0.1) is 0 Å². The van der Waals surface area contributed by atoms with Crippen LogP contribution in [0.3, 0.4) is 0 Å². The summed E-state index contributed by atoms with van der Waals surface area (Å²) in [7, 11) is 0. The lowest BCUT2D eigenvalue weighted by atomic mass is 9.95. The average Bonchev–Trinajstić information content (AvgIpc) is 2.73. The lowest BCUT2D eigenvalue weighted by molar-refractivity contribution is -0.120. The molecule has 1 heterocycles. The zero-order valence-corrected chi connectivity index (χ0v) is 16.9. The van der Waals surface area contributed by atoms with Gasteiger partial charge in [-0.2, -0.15) is 0 Å². The van der Waals surface area contributed by atoms with Crippen molar-refractivity contribution in [1.29, 1.82) is 0 Å². The second kappa shape index (κ2) is 9.69. The van der Waals surface area contributed by atoms with Crippen LogP contribution in [-0.4, -0.2) is 29.4 Å². The van der Waals surface area contributed by atoms with E-state index in [9.17, 15) is 9.59 Å². The van der Waals surface area contributed by atoms with Crippen LogP contribution in [0.1, 0.15) is 54.9 Å². The third kappa shape index (κ3) is 5.10. The van der Waals surface area contributed by atoms with Crippen LogP contribution in [-0.2, 0) is 11.2 Å². The fraction of sp³-hybridized carbons (Fsp3) is 0.409. The van der Waals surface area contributed by atoms with Gasteiger partial charge >= 0.3 is 0 Å². The lowest BCUT2D eigenvalue weighted by Gasteiger charge is -2.27. The fourth-order valence-electron chi connectivity index (χ4n) is 3.66. The highest BCUT2D eigenvalue weighted by Gasteiger charge is 2.24. The zero-order valence-electron chi connectivity index (χ0n) is 16.2. The Morgan fingerprint density at radius 1 is 1.14 bits per heavy atom. The predicted octanol–water partition coefficient (Wildman–Crippen LogP) is 4.39. The molecule has 0 saturated heterocycles. The Labute approximate surface area is 171 Å². The van der Waals surface area contributed by atoms with E-state index in [1.807, 2.05) is 31.2 Å². The maximum Gasteiger partial charge on any atom is 0.260 e. The number of carbonyl (C=O) groups is 2. The van der Waals surface area contributed by atoms with Crippen LogP contribution in [0.25, 0.3) is 0 Å². The van der Waals surface area contributed by atoms with Crippen molar-refractivity contribution in [1.82, 2.24) is 10.3 Å². The Morgan fingerprint density at radius 2 is 1.89 bits per heavy atom. The Hall–Kier alpha value is -2.40. The smallest absolute Gasteiger partial charge is 0.260 e. The molecule has 1 N–H and O–H groups in total. The topological polar surface area (TPSA) is 62.3 Å². The molecule has 1 saturated carbocycles. The highest BCUT2D eigenvalue weighted by atomic mass is 35.5. The van der Waals surface area contributed by atoms with Crippen molar-refractivity contribution in [2.45, 2.75) is 51.5 Å². The van der Waals surface area contributed by atoms with Crippen molar-refractivity contribution < 1.29 is 9.59 Å². The van der Waals surface area contributed by atoms with Crippen molar-refractivity contribution in [2.24, 2.45) is 0 Å². The number of hydrogen-bond acceptors (Lipinski definition) is 3. The number of hydrogen-bond donors (Lipinski definition) is 1. The van der Waals surface area contributed by atoms with Crippen LogP contribution in [0.15, 0.2) is 42.6 Å². The monoisotopic (exact) mass is 399 g/mol. The van der Waals surface area contributed by atoms with Crippen LogP contribution < -0.4 is 10.2 Å². The normalized spacial score (nSPS) is 14.5. The summed E-state index contributed by atoms with van der Waals surface area (Å²) in [6.45, 7) is 2.02. The molecule has 2 amide bonds. The molecule has 0 spiro atoms. The molecule has 6 heteroatoms. The largest absolute Gasteiger partial charge is 0.352 e. The Balaban J connectivity index is 1.84. The molecule has 0 radical (unpaired) electrons. The number of aryl methyl sites for hydroxylation is 1. The number of pyridine rings is 1. The number of nitrogens with zero attached hydrogens (tertiary/aromatic N) is 2. The van der Waals surface area contributed by atoms with Gasteiger partial charge in [-0.1, -0.05) is 56.0 Å². The van der Waals surface area contributed by atoms with E-state index >= 15 is 0 Å². The van der Waals surface area contributed by atoms with Gasteiger partial charge in [0.2, 0.25) is 5.91 Å². The summed E-state index contributed by atoms with van der Waals surface area (Å²) in [5, 5.41) is 3.43. The summed E-state index contributed by atoms with van der Waals surface area (Å²) in [6, 6.07) is 11.1. The van der Waals surface area contributed by atoms with Gasteiger partial charge in [-0.3, -0.25) is 14.5 Å². The second-order valence-electron chi connectivity index (χ2n) is 7.15. The van der Waals surface area contributed by atoms with Gasteiger partial charge in [0.05, 0.1) is 5.56 Å². The molecule has 1 aliphatic rings. The van der Waals surface area contributed by atoms with Gasteiger partial charge in [-0.25, -0.2) is 4.98 Å². The molecule has 0 aliphatic heterocycles. The highest BCUT2D eigenvalue weighted by Crippen LogP contribution is 2.23. The number of aromatic nitrogens is 1. The Morgan fingerprint density at radius 3 is 2.57 bits per heavy atom. The minimum absolute atomic E-state index is 0.0189. The van der Waals surface area contributed by atoms with Crippen LogP contribution in [0, 0.1) is 0 Å². The van der Waals surface area contributed by atoms with E-state index in [2.05, 4.69) is 10.3 Å². The number of halogens is 1. The van der Waals surface area contributed by atoms with Crippen LogP contribution >= 0.6 is 11.6 Å². The first-order chi connectivity index (χ1) is 13.6. The average molecular weight is 400 g/mol. The predicted molar refractivity (Wildman–Crippen MR) is 112 cm³/mol. The number of benzene rings is 1. The summed E-state index contributed by atoms with van der Waals surface area (Å²) in [4.78, 5) is 31.5. The van der Waals surface area contributed by atoms with Gasteiger partial charge in [-0.05, 0) is 43.0 Å². The number of carbonyl (C=O) groups excluding carboxylic acids is 2. The molecule has 148 valence electrons. The van der Waals surface area contributed by atoms with Gasteiger partial charge in [0.15, 0.2) is 0 Å². The van der Waals surface area contributed by atoms with E-state index in [0.29, 0.717) is 10.7 Å². The molecule has 0 unspecified atom stereocenters. The first-order valence-electron chi connectivity index (χ1n) is 9.89. The van der Waals surface area contributed by atoms with Crippen molar-refractivity contribution in [3.05, 3.63) is 58.9 Å². The molecule has 0 atom stereocenters. The number of para-hydroxylation sites is 1. The Bertz CT molecular complexity index is 817. The molecule has 28 heavy (non-hydrogen) atoms. The third-order valence-electron chi connectivity index (χ3n) is 5.15. The summed E-state index contributed by atoms with van der Waals surface area (Å²) in [5.41, 5.74) is 2.17. The highest BCUT2D eigenvalue weighted by molar-refractivity contribution is 6.29. The van der Waals surface area contributed by atoms with Crippen LogP contribution in [0.2, 0.25) is 5.15 Å². The van der Waals surface area contributed by atoms with Gasteiger partial charge in [0.1, 0.15) is 11.7 Å². The molecule has 1 aliphatic carbocycles. The molecule has 5 nitrogen and oxygen atoms in total. The first-order valence-corrected chi connectivity index (χ1v) is 10.3. The molecule has 2 aromatic rings. The number of rotatable bonds is 6. The maximum atomic E-state index is 13.2. The number of nitrogens with one attached hydrogen (secondary N) is 1. The third-order valence-corrected chi connectivity index (χ3v) is 5.38. The van der Waals surface area contributed by atoms with E-state index in [0.717, 1.165) is 43.4 Å². The standard InChI is InChI=1S/C22H26ClN3O2/c1-2-16-8-6-7-11-19(16)26(22(28)17-12-13-20(23)24-14-17)15-21(27)25-18-9-4-3-5-10-18/h6-8,11-14,18H,2-5,9-10,15H2,1H3,(H,25,27). The molecule has 1 fully saturated rings. The van der Waals surface area contributed by atoms with E-state index < -0.39 is 0 Å². The SMILES string of the molecule is CCc1ccccc1N(CC(=O)NC1CCCCC1)C(=O)c1ccc(Cl)nc1. The fourth-order valence-corrected chi connectivity index (χ4v) is 3.77. The van der Waals surface area contributed by atoms with E-state index in [-0.39, 0.29) is 24.4 Å². The second-order valence-corrected chi connectivity index (χ2v) is 7.53. The molecule has 1 aromatic heterocycles. The van der Waals surface area contributed by atoms with Gasteiger partial charge in [0, 0.05) is 17.9 Å².